The maximum atomic E-state index is 12.0. The molecular formula is C17H15N3OS. The van der Waals surface area contributed by atoms with Crippen LogP contribution in [0.25, 0.3) is 0 Å². The van der Waals surface area contributed by atoms with Gasteiger partial charge in [0.05, 0.1) is 0 Å². The molecule has 0 heterocycles. The van der Waals surface area contributed by atoms with Crippen molar-refractivity contribution in [2.75, 3.05) is 16.9 Å². The third-order valence-electron chi connectivity index (χ3n) is 2.85. The molecule has 5 heteroatoms. The Kier molecular flexibility index (Phi) is 5.64. The predicted molar refractivity (Wildman–Crippen MR) is 90.6 cm³/mol. The number of nitrogens with one attached hydrogen (secondary N) is 2. The molecule has 0 atom stereocenters. The summed E-state index contributed by atoms with van der Waals surface area (Å²) in [6, 6.07) is 18.7. The molecule has 0 aromatic heterocycles. The summed E-state index contributed by atoms with van der Waals surface area (Å²) in [5, 5.41) is 14.8. The van der Waals surface area contributed by atoms with Crippen molar-refractivity contribution in [2.24, 2.45) is 0 Å². The predicted octanol–water partition coefficient (Wildman–Crippen LogP) is 3.87. The van der Waals surface area contributed by atoms with Crippen molar-refractivity contribution in [3.8, 4) is 6.07 Å². The van der Waals surface area contributed by atoms with Gasteiger partial charge >= 0.3 is 0 Å². The summed E-state index contributed by atoms with van der Waals surface area (Å²) in [5.74, 6) is -0.442. The zero-order valence-corrected chi connectivity index (χ0v) is 12.9. The summed E-state index contributed by atoms with van der Waals surface area (Å²) < 4.78 is 0. The standard InChI is InChI=1S/C17H15N3OS/c1-22-16-9-5-8-15(10-16)19-12-13(11-18)17(21)20-14-6-3-2-4-7-14/h2-10,12,19H,1H3,(H,20,21). The Morgan fingerprint density at radius 1 is 1.14 bits per heavy atom. The fourth-order valence-electron chi connectivity index (χ4n) is 1.74. The lowest BCUT2D eigenvalue weighted by atomic mass is 10.2. The average Bonchev–Trinajstić information content (AvgIpc) is 2.56. The zero-order valence-electron chi connectivity index (χ0n) is 12.0. The molecule has 110 valence electrons. The summed E-state index contributed by atoms with van der Waals surface area (Å²) in [7, 11) is 0. The number of carbonyl (C=O) groups excluding carboxylic acids is 1. The zero-order chi connectivity index (χ0) is 15.8. The van der Waals surface area contributed by atoms with Crippen LogP contribution in [0.4, 0.5) is 11.4 Å². The van der Waals surface area contributed by atoms with E-state index in [0.29, 0.717) is 5.69 Å². The van der Waals surface area contributed by atoms with E-state index < -0.39 is 5.91 Å². The number of para-hydroxylation sites is 1. The smallest absolute Gasteiger partial charge is 0.267 e. The summed E-state index contributed by atoms with van der Waals surface area (Å²) in [6.07, 6.45) is 3.40. The summed E-state index contributed by atoms with van der Waals surface area (Å²) in [5.41, 5.74) is 1.49. The fraction of sp³-hybridized carbons (Fsp3) is 0.0588. The number of rotatable bonds is 5. The van der Waals surface area contributed by atoms with Crippen LogP contribution in [0.5, 0.6) is 0 Å². The van der Waals surface area contributed by atoms with Crippen LogP contribution >= 0.6 is 11.8 Å². The monoisotopic (exact) mass is 309 g/mol. The molecule has 1 amide bonds. The average molecular weight is 309 g/mol. The van der Waals surface area contributed by atoms with Crippen molar-refractivity contribution >= 4 is 29.0 Å². The van der Waals surface area contributed by atoms with Crippen LogP contribution in [-0.2, 0) is 4.79 Å². The van der Waals surface area contributed by atoms with Gasteiger partial charge in [0.25, 0.3) is 5.91 Å². The van der Waals surface area contributed by atoms with Crippen LogP contribution < -0.4 is 10.6 Å². The molecule has 0 saturated heterocycles. The van der Waals surface area contributed by atoms with Gasteiger partial charge in [-0.25, -0.2) is 0 Å². The highest BCUT2D eigenvalue weighted by Crippen LogP contribution is 2.19. The topological polar surface area (TPSA) is 64.9 Å². The van der Waals surface area contributed by atoms with Gasteiger partial charge in [0.1, 0.15) is 11.6 Å². The minimum absolute atomic E-state index is 0.0124. The van der Waals surface area contributed by atoms with Crippen molar-refractivity contribution in [3.05, 3.63) is 66.4 Å². The first kappa shape index (κ1) is 15.7. The lowest BCUT2D eigenvalue weighted by Crippen LogP contribution is -2.14. The third kappa shape index (κ3) is 4.40. The van der Waals surface area contributed by atoms with Gasteiger partial charge in [0.15, 0.2) is 0 Å². The van der Waals surface area contributed by atoms with E-state index >= 15 is 0 Å². The molecule has 2 aromatic rings. The second kappa shape index (κ2) is 7.91. The van der Waals surface area contributed by atoms with Crippen molar-refractivity contribution in [1.29, 1.82) is 5.26 Å². The molecule has 2 rings (SSSR count). The molecule has 0 saturated carbocycles. The lowest BCUT2D eigenvalue weighted by molar-refractivity contribution is -0.112. The summed E-state index contributed by atoms with van der Waals surface area (Å²) >= 11 is 1.63. The first-order valence-corrected chi connectivity index (χ1v) is 7.82. The Morgan fingerprint density at radius 3 is 2.55 bits per heavy atom. The SMILES string of the molecule is CSc1cccc(NC=C(C#N)C(=O)Nc2ccccc2)c1. The molecule has 0 aliphatic heterocycles. The Bertz CT molecular complexity index is 720. The van der Waals surface area contributed by atoms with Gasteiger partial charge in [-0.1, -0.05) is 24.3 Å². The number of hydrogen-bond donors (Lipinski definition) is 2. The number of carbonyl (C=O) groups is 1. The second-order valence-corrected chi connectivity index (χ2v) is 5.25. The number of nitriles is 1. The van der Waals surface area contributed by atoms with Gasteiger partial charge in [-0.3, -0.25) is 4.79 Å². The highest BCUT2D eigenvalue weighted by atomic mass is 32.2. The van der Waals surface area contributed by atoms with Gasteiger partial charge in [-0.2, -0.15) is 5.26 Å². The van der Waals surface area contributed by atoms with E-state index in [2.05, 4.69) is 10.6 Å². The molecule has 0 fully saturated rings. The molecule has 0 unspecified atom stereocenters. The van der Waals surface area contributed by atoms with E-state index in [9.17, 15) is 4.79 Å². The van der Waals surface area contributed by atoms with Crippen LogP contribution in [0.3, 0.4) is 0 Å². The number of anilines is 2. The Balaban J connectivity index is 2.07. The van der Waals surface area contributed by atoms with Gasteiger partial charge in [0, 0.05) is 22.5 Å². The summed E-state index contributed by atoms with van der Waals surface area (Å²) in [4.78, 5) is 13.1. The van der Waals surface area contributed by atoms with Gasteiger partial charge in [-0.15, -0.1) is 11.8 Å². The van der Waals surface area contributed by atoms with Crippen LogP contribution in [0, 0.1) is 11.3 Å². The van der Waals surface area contributed by atoms with Gasteiger partial charge < -0.3 is 10.6 Å². The van der Waals surface area contributed by atoms with Crippen molar-refractivity contribution < 1.29 is 4.79 Å². The maximum Gasteiger partial charge on any atom is 0.267 e. The molecule has 0 radical (unpaired) electrons. The maximum absolute atomic E-state index is 12.0. The quantitative estimate of drug-likeness (QED) is 0.500. The first-order chi connectivity index (χ1) is 10.7. The van der Waals surface area contributed by atoms with E-state index in [-0.39, 0.29) is 5.57 Å². The van der Waals surface area contributed by atoms with Crippen molar-refractivity contribution in [3.63, 3.8) is 0 Å². The molecule has 2 N–H and O–H groups in total. The first-order valence-electron chi connectivity index (χ1n) is 6.60. The largest absolute Gasteiger partial charge is 0.360 e. The van der Waals surface area contributed by atoms with Gasteiger partial charge in [0.2, 0.25) is 0 Å². The van der Waals surface area contributed by atoms with E-state index in [1.54, 1.807) is 23.9 Å². The normalized spacial score (nSPS) is 10.6. The molecule has 0 bridgehead atoms. The highest BCUT2D eigenvalue weighted by molar-refractivity contribution is 7.98. The molecule has 2 aromatic carbocycles. The third-order valence-corrected chi connectivity index (χ3v) is 3.57. The van der Waals surface area contributed by atoms with Crippen LogP contribution in [0.1, 0.15) is 0 Å². The Morgan fingerprint density at radius 2 is 1.86 bits per heavy atom. The van der Waals surface area contributed by atoms with Crippen LogP contribution in [-0.4, -0.2) is 12.2 Å². The van der Waals surface area contributed by atoms with E-state index in [0.717, 1.165) is 10.6 Å². The molecule has 22 heavy (non-hydrogen) atoms. The molecule has 0 aliphatic rings. The molecule has 0 spiro atoms. The summed E-state index contributed by atoms with van der Waals surface area (Å²) in [6.45, 7) is 0. The van der Waals surface area contributed by atoms with Crippen molar-refractivity contribution in [1.82, 2.24) is 0 Å². The second-order valence-electron chi connectivity index (χ2n) is 4.37. The minimum Gasteiger partial charge on any atom is -0.360 e. The lowest BCUT2D eigenvalue weighted by Gasteiger charge is -2.05. The van der Waals surface area contributed by atoms with E-state index in [1.807, 2.05) is 54.8 Å². The fourth-order valence-corrected chi connectivity index (χ4v) is 2.20. The number of amides is 1. The van der Waals surface area contributed by atoms with Crippen LogP contribution in [0.2, 0.25) is 0 Å². The molecule has 4 nitrogen and oxygen atoms in total. The van der Waals surface area contributed by atoms with E-state index in [1.165, 1.54) is 6.20 Å². The number of thioether (sulfide) groups is 1. The molecular weight excluding hydrogens is 294 g/mol. The minimum atomic E-state index is -0.442. The highest BCUT2D eigenvalue weighted by Gasteiger charge is 2.08. The molecule has 0 aliphatic carbocycles. The number of nitrogens with zero attached hydrogens (tertiary/aromatic N) is 1. The number of hydrogen-bond acceptors (Lipinski definition) is 4. The van der Waals surface area contributed by atoms with Crippen LogP contribution in [0.15, 0.2) is 71.3 Å². The Labute approximate surface area is 133 Å². The van der Waals surface area contributed by atoms with Gasteiger partial charge in [-0.05, 0) is 36.6 Å². The van der Waals surface area contributed by atoms with Crippen molar-refractivity contribution in [2.45, 2.75) is 4.90 Å². The number of benzene rings is 2. The van der Waals surface area contributed by atoms with E-state index in [4.69, 9.17) is 5.26 Å². The Hall–Kier alpha value is -2.71.